The van der Waals surface area contributed by atoms with Crippen LogP contribution in [0.5, 0.6) is 5.75 Å². The second-order valence-electron chi connectivity index (χ2n) is 9.51. The molecule has 12 heteroatoms. The Morgan fingerprint density at radius 3 is 2.79 bits per heavy atom. The third kappa shape index (κ3) is 6.60. The van der Waals surface area contributed by atoms with Crippen LogP contribution in [0.25, 0.3) is 22.6 Å². The number of carbonyl (C=O) groups excluding carboxylic acids is 1. The van der Waals surface area contributed by atoms with Gasteiger partial charge in [-0.15, -0.1) is 0 Å². The van der Waals surface area contributed by atoms with Crippen molar-refractivity contribution in [2.45, 2.75) is 46.3 Å². The maximum absolute atomic E-state index is 12.2. The predicted octanol–water partition coefficient (Wildman–Crippen LogP) is 3.98. The number of benzene rings is 1. The summed E-state index contributed by atoms with van der Waals surface area (Å²) in [5, 5.41) is 21.0. The number of nitrogens with one attached hydrogen (secondary N) is 2. The maximum Gasteiger partial charge on any atom is 0.409 e. The molecule has 1 fully saturated rings. The number of likely N-dealkylation sites (tertiary alicyclic amines) is 1. The summed E-state index contributed by atoms with van der Waals surface area (Å²) in [5.41, 5.74) is 3.57. The number of hydrogen-bond donors (Lipinski definition) is 3. The average Bonchev–Trinajstić information content (AvgIpc) is 3.51. The summed E-state index contributed by atoms with van der Waals surface area (Å²) in [4.78, 5) is 23.7. The Kier molecular flexibility index (Phi) is 9.26. The Morgan fingerprint density at radius 1 is 1.31 bits per heavy atom. The number of nitrogens with zero attached hydrogens (tertiary/aromatic N) is 4. The second kappa shape index (κ2) is 12.6. The molecule has 3 N–H and O–H groups in total. The van der Waals surface area contributed by atoms with Crippen LogP contribution >= 0.6 is 11.6 Å². The minimum atomic E-state index is -0.660. The van der Waals surface area contributed by atoms with E-state index in [-0.39, 0.29) is 18.7 Å². The van der Waals surface area contributed by atoms with E-state index in [1.807, 2.05) is 20.8 Å². The molecule has 0 bridgehead atoms. The van der Waals surface area contributed by atoms with E-state index in [2.05, 4.69) is 15.8 Å². The standard InChI is InChI=1S/C27H35ClN6O5/c1-6-37-27(36)34-10-9-18(13-34)30-25-15(2)24(23-16(3)33-39-17(23)4)31-26(32-25)21-11-20(7-8-22(21)28)38-14-19(35)12-29-5/h7-8,11,18-19,29,35H,6,9-10,12-14H2,1-5H3,(H,30,31,32). The monoisotopic (exact) mass is 558 g/mol. The average molecular weight is 559 g/mol. The van der Waals surface area contributed by atoms with Gasteiger partial charge in [-0.1, -0.05) is 16.8 Å². The van der Waals surface area contributed by atoms with Gasteiger partial charge in [-0.2, -0.15) is 0 Å². The van der Waals surface area contributed by atoms with Crippen molar-refractivity contribution in [3.63, 3.8) is 0 Å². The van der Waals surface area contributed by atoms with Gasteiger partial charge in [-0.25, -0.2) is 14.8 Å². The zero-order valence-corrected chi connectivity index (χ0v) is 23.6. The number of aliphatic hydroxyl groups is 1. The highest BCUT2D eigenvalue weighted by Crippen LogP contribution is 2.36. The second-order valence-corrected chi connectivity index (χ2v) is 9.91. The Morgan fingerprint density at radius 2 is 2.10 bits per heavy atom. The largest absolute Gasteiger partial charge is 0.491 e. The van der Waals surface area contributed by atoms with Gasteiger partial charge in [0.05, 0.1) is 28.6 Å². The molecule has 3 aromatic rings. The Balaban J connectivity index is 1.71. The summed E-state index contributed by atoms with van der Waals surface area (Å²) >= 11 is 6.62. The minimum absolute atomic E-state index is 0.0211. The van der Waals surface area contributed by atoms with Crippen LogP contribution in [0.1, 0.15) is 30.4 Å². The quantitative estimate of drug-likeness (QED) is 0.335. The molecule has 1 saturated heterocycles. The summed E-state index contributed by atoms with van der Waals surface area (Å²) in [7, 11) is 1.76. The zero-order chi connectivity index (χ0) is 28.1. The summed E-state index contributed by atoms with van der Waals surface area (Å²) in [5.74, 6) is 2.19. The summed E-state index contributed by atoms with van der Waals surface area (Å²) in [6.07, 6.45) is -0.230. The van der Waals surface area contributed by atoms with Crippen LogP contribution in [0.2, 0.25) is 5.02 Å². The fourth-order valence-electron chi connectivity index (χ4n) is 4.55. The van der Waals surface area contributed by atoms with Crippen molar-refractivity contribution in [3.05, 3.63) is 40.2 Å². The van der Waals surface area contributed by atoms with E-state index < -0.39 is 6.10 Å². The van der Waals surface area contributed by atoms with Crippen molar-refractivity contribution in [2.75, 3.05) is 45.2 Å². The van der Waals surface area contributed by atoms with Gasteiger partial charge in [-0.05, 0) is 59.4 Å². The zero-order valence-electron chi connectivity index (χ0n) is 22.9. The molecule has 1 aromatic carbocycles. The highest BCUT2D eigenvalue weighted by atomic mass is 35.5. The molecule has 0 spiro atoms. The van der Waals surface area contributed by atoms with Crippen molar-refractivity contribution in [3.8, 4) is 28.4 Å². The number of anilines is 1. The first-order valence-corrected chi connectivity index (χ1v) is 13.3. The molecule has 0 aliphatic carbocycles. The van der Waals surface area contributed by atoms with Gasteiger partial charge in [0.25, 0.3) is 0 Å². The first-order chi connectivity index (χ1) is 18.7. The Bertz CT molecular complexity index is 1300. The smallest absolute Gasteiger partial charge is 0.409 e. The lowest BCUT2D eigenvalue weighted by molar-refractivity contribution is 0.108. The van der Waals surface area contributed by atoms with E-state index in [0.29, 0.717) is 71.4 Å². The number of hydrogen-bond acceptors (Lipinski definition) is 10. The molecule has 1 aliphatic heterocycles. The molecule has 39 heavy (non-hydrogen) atoms. The molecule has 3 heterocycles. The van der Waals surface area contributed by atoms with Crippen LogP contribution in [0.3, 0.4) is 0 Å². The molecule has 2 atom stereocenters. The van der Waals surface area contributed by atoms with Crippen LogP contribution in [-0.2, 0) is 4.74 Å². The normalized spacial score (nSPS) is 15.9. The summed E-state index contributed by atoms with van der Waals surface area (Å²) in [6.45, 7) is 9.39. The van der Waals surface area contributed by atoms with Gasteiger partial charge < -0.3 is 34.6 Å². The number of halogens is 1. The van der Waals surface area contributed by atoms with Gasteiger partial charge >= 0.3 is 6.09 Å². The minimum Gasteiger partial charge on any atom is -0.491 e. The predicted molar refractivity (Wildman–Crippen MR) is 148 cm³/mol. The molecule has 0 radical (unpaired) electrons. The lowest BCUT2D eigenvalue weighted by Gasteiger charge is -2.19. The van der Waals surface area contributed by atoms with Crippen LogP contribution in [0.15, 0.2) is 22.7 Å². The molecule has 4 rings (SSSR count). The van der Waals surface area contributed by atoms with Crippen molar-refractivity contribution in [1.29, 1.82) is 0 Å². The number of amides is 1. The van der Waals surface area contributed by atoms with Crippen molar-refractivity contribution in [1.82, 2.24) is 25.3 Å². The molecular formula is C27H35ClN6O5. The van der Waals surface area contributed by atoms with Gasteiger partial charge in [0.1, 0.15) is 30.0 Å². The molecule has 2 aromatic heterocycles. The number of aliphatic hydroxyl groups excluding tert-OH is 1. The number of likely N-dealkylation sites (N-methyl/N-ethyl adjacent to an activating group) is 1. The highest BCUT2D eigenvalue weighted by molar-refractivity contribution is 6.33. The highest BCUT2D eigenvalue weighted by Gasteiger charge is 2.29. The topological polar surface area (TPSA) is 135 Å². The first kappa shape index (κ1) is 28.6. The van der Waals surface area contributed by atoms with Gasteiger partial charge in [0, 0.05) is 36.8 Å². The van der Waals surface area contributed by atoms with Crippen molar-refractivity contribution >= 4 is 23.5 Å². The third-order valence-electron chi connectivity index (χ3n) is 6.53. The molecule has 1 amide bonds. The third-order valence-corrected chi connectivity index (χ3v) is 6.86. The van der Waals surface area contributed by atoms with E-state index >= 15 is 0 Å². The van der Waals surface area contributed by atoms with Gasteiger partial charge in [-0.3, -0.25) is 0 Å². The fourth-order valence-corrected chi connectivity index (χ4v) is 4.75. The molecule has 1 aliphatic rings. The SMILES string of the molecule is CCOC(=O)N1CCC(Nc2nc(-c3cc(OCC(O)CNC)ccc3Cl)nc(-c3c(C)noc3C)c2C)C1. The van der Waals surface area contributed by atoms with Gasteiger partial charge in [0.15, 0.2) is 5.82 Å². The van der Waals surface area contributed by atoms with Crippen LogP contribution in [-0.4, -0.2) is 83.3 Å². The number of aryl methyl sites for hydroxylation is 2. The van der Waals surface area contributed by atoms with E-state index in [1.165, 1.54) is 0 Å². The Labute approximate surface area is 232 Å². The lowest BCUT2D eigenvalue weighted by Crippen LogP contribution is -2.32. The van der Waals surface area contributed by atoms with E-state index in [1.54, 1.807) is 37.1 Å². The lowest BCUT2D eigenvalue weighted by atomic mass is 10.0. The van der Waals surface area contributed by atoms with Crippen LogP contribution in [0, 0.1) is 20.8 Å². The molecule has 0 saturated carbocycles. The van der Waals surface area contributed by atoms with Crippen LogP contribution < -0.4 is 15.4 Å². The molecule has 11 nitrogen and oxygen atoms in total. The Hall–Kier alpha value is -3.41. The maximum atomic E-state index is 12.2. The van der Waals surface area contributed by atoms with Crippen LogP contribution in [0.4, 0.5) is 10.6 Å². The van der Waals surface area contributed by atoms with E-state index in [0.717, 1.165) is 17.5 Å². The van der Waals surface area contributed by atoms with E-state index in [9.17, 15) is 9.90 Å². The summed E-state index contributed by atoms with van der Waals surface area (Å²) < 4.78 is 16.4. The number of rotatable bonds is 10. The van der Waals surface area contributed by atoms with E-state index in [4.69, 9.17) is 35.6 Å². The molecule has 2 unspecified atom stereocenters. The number of aromatic nitrogens is 3. The number of carbonyl (C=O) groups is 1. The number of ether oxygens (including phenoxy) is 2. The fraction of sp³-hybridized carbons (Fsp3) is 0.481. The molecule has 210 valence electrons. The summed E-state index contributed by atoms with van der Waals surface area (Å²) in [6, 6.07) is 5.20. The van der Waals surface area contributed by atoms with Gasteiger partial charge in [0.2, 0.25) is 0 Å². The van der Waals surface area contributed by atoms with Crippen molar-refractivity contribution < 1.29 is 23.9 Å². The molecular weight excluding hydrogens is 524 g/mol. The van der Waals surface area contributed by atoms with Crippen molar-refractivity contribution in [2.24, 2.45) is 0 Å². The first-order valence-electron chi connectivity index (χ1n) is 13.0.